The van der Waals surface area contributed by atoms with Gasteiger partial charge in [0.2, 0.25) is 0 Å². The van der Waals surface area contributed by atoms with Crippen LogP contribution < -0.4 is 5.73 Å². The summed E-state index contributed by atoms with van der Waals surface area (Å²) in [5.41, 5.74) is 5.34. The molecule has 0 aliphatic heterocycles. The van der Waals surface area contributed by atoms with E-state index in [1.165, 1.54) is 64.2 Å². The van der Waals surface area contributed by atoms with Crippen molar-refractivity contribution >= 4 is 19.8 Å². The van der Waals surface area contributed by atoms with Crippen LogP contribution >= 0.6 is 7.82 Å². The van der Waals surface area contributed by atoms with Crippen LogP contribution in [0, 0.1) is 0 Å². The number of allylic oxidation sites excluding steroid dienone is 8. The Bertz CT molecular complexity index is 1010. The maximum absolute atomic E-state index is 12.6. The molecule has 3 N–H and O–H groups in total. The maximum Gasteiger partial charge on any atom is 0.472 e. The van der Waals surface area contributed by atoms with Gasteiger partial charge in [-0.15, -0.1) is 0 Å². The first-order valence-electron chi connectivity index (χ1n) is 21.1. The predicted octanol–water partition coefficient (Wildman–Crippen LogP) is 11.9. The molecule has 308 valence electrons. The fraction of sp³-hybridized carbons (Fsp3) is 0.767. The van der Waals surface area contributed by atoms with E-state index in [1.54, 1.807) is 0 Å². The Hall–Kier alpha value is -2.03. The van der Waals surface area contributed by atoms with E-state index < -0.39 is 32.5 Å². The zero-order valence-corrected chi connectivity index (χ0v) is 34.6. The SMILES string of the molecule is CCC=CCC=CCC=CCCCCCCCC(=O)OC[C@H](COP(=O)(O)OCCN)OC(=O)CCCCCCCCCC=CCCCCCCCC. The number of esters is 2. The number of nitrogens with two attached hydrogens (primary N) is 1. The fourth-order valence-electron chi connectivity index (χ4n) is 5.58. The Kier molecular flexibility index (Phi) is 38.1. The smallest absolute Gasteiger partial charge is 0.462 e. The van der Waals surface area contributed by atoms with Crippen LogP contribution in [0.1, 0.15) is 181 Å². The molecule has 9 nitrogen and oxygen atoms in total. The second kappa shape index (κ2) is 39.7. The van der Waals surface area contributed by atoms with Crippen LogP contribution in [0.5, 0.6) is 0 Å². The van der Waals surface area contributed by atoms with E-state index in [2.05, 4.69) is 62.5 Å². The molecule has 1 unspecified atom stereocenters. The predicted molar refractivity (Wildman–Crippen MR) is 220 cm³/mol. The highest BCUT2D eigenvalue weighted by molar-refractivity contribution is 7.47. The van der Waals surface area contributed by atoms with Gasteiger partial charge in [-0.3, -0.25) is 18.6 Å². The van der Waals surface area contributed by atoms with E-state index in [1.807, 2.05) is 0 Å². The van der Waals surface area contributed by atoms with Crippen LogP contribution in [0.3, 0.4) is 0 Å². The minimum absolute atomic E-state index is 0.0487. The minimum atomic E-state index is -4.38. The van der Waals surface area contributed by atoms with E-state index in [0.29, 0.717) is 12.8 Å². The lowest BCUT2D eigenvalue weighted by Crippen LogP contribution is -2.29. The highest BCUT2D eigenvalue weighted by atomic mass is 31.2. The van der Waals surface area contributed by atoms with Crippen LogP contribution in [0.2, 0.25) is 0 Å². The molecule has 0 saturated carbocycles. The number of rotatable bonds is 39. The molecular weight excluding hydrogens is 689 g/mol. The summed E-state index contributed by atoms with van der Waals surface area (Å²) in [6.45, 7) is 3.59. The first-order valence-corrected chi connectivity index (χ1v) is 22.6. The molecule has 0 fully saturated rings. The second-order valence-corrected chi connectivity index (χ2v) is 15.3. The summed E-state index contributed by atoms with van der Waals surface area (Å²) in [5.74, 6) is -0.854. The summed E-state index contributed by atoms with van der Waals surface area (Å²) < 4.78 is 32.7. The standard InChI is InChI=1S/C43H78NO8P/c1-3-5-7-9-11-13-15-17-19-20-22-24-26-28-30-32-34-36-43(46)52-41(40-51-53(47,48)50-38-37-44)39-49-42(45)35-33-31-29-27-25-23-21-18-16-14-12-10-8-6-4-2/h6,8,12,14,17-19,21,41H,3-5,7,9-11,13,15-16,20,22-40,44H2,1-2H3,(H,47,48)/t41-/m1/s1. The van der Waals surface area contributed by atoms with Gasteiger partial charge in [-0.25, -0.2) is 4.57 Å². The molecule has 0 heterocycles. The Labute approximate surface area is 324 Å². The van der Waals surface area contributed by atoms with Crippen molar-refractivity contribution in [2.24, 2.45) is 5.73 Å². The van der Waals surface area contributed by atoms with Crippen molar-refractivity contribution in [3.63, 3.8) is 0 Å². The number of phosphoric ester groups is 1. The number of hydrogen-bond donors (Lipinski definition) is 2. The zero-order valence-electron chi connectivity index (χ0n) is 33.7. The van der Waals surface area contributed by atoms with Crippen LogP contribution in [0.15, 0.2) is 48.6 Å². The molecule has 0 bridgehead atoms. The normalized spacial score (nSPS) is 13.8. The van der Waals surface area contributed by atoms with Crippen molar-refractivity contribution in [3.8, 4) is 0 Å². The third-order valence-electron chi connectivity index (χ3n) is 8.70. The number of carbonyl (C=O) groups is 2. The topological polar surface area (TPSA) is 134 Å². The molecule has 53 heavy (non-hydrogen) atoms. The Morgan fingerprint density at radius 1 is 0.585 bits per heavy atom. The molecule has 0 saturated heterocycles. The summed E-state index contributed by atoms with van der Waals surface area (Å²) >= 11 is 0. The average Bonchev–Trinajstić information content (AvgIpc) is 3.14. The van der Waals surface area contributed by atoms with Gasteiger partial charge in [0.15, 0.2) is 6.10 Å². The Morgan fingerprint density at radius 2 is 1.04 bits per heavy atom. The van der Waals surface area contributed by atoms with Crippen molar-refractivity contribution in [2.75, 3.05) is 26.4 Å². The van der Waals surface area contributed by atoms with Gasteiger partial charge in [0.1, 0.15) is 6.61 Å². The minimum Gasteiger partial charge on any atom is -0.462 e. The Morgan fingerprint density at radius 3 is 1.57 bits per heavy atom. The van der Waals surface area contributed by atoms with E-state index in [4.69, 9.17) is 24.3 Å². The quantitative estimate of drug-likeness (QED) is 0.0271. The van der Waals surface area contributed by atoms with Gasteiger partial charge in [-0.1, -0.05) is 146 Å². The fourth-order valence-corrected chi connectivity index (χ4v) is 6.35. The molecule has 0 aromatic heterocycles. The number of carbonyl (C=O) groups excluding carboxylic acids is 2. The number of unbranched alkanes of at least 4 members (excludes halogenated alkanes) is 18. The highest BCUT2D eigenvalue weighted by Crippen LogP contribution is 2.43. The average molecular weight is 768 g/mol. The van der Waals surface area contributed by atoms with Gasteiger partial charge >= 0.3 is 19.8 Å². The van der Waals surface area contributed by atoms with E-state index in [0.717, 1.165) is 77.0 Å². The van der Waals surface area contributed by atoms with Gasteiger partial charge in [0, 0.05) is 19.4 Å². The maximum atomic E-state index is 12.6. The van der Waals surface area contributed by atoms with Crippen LogP contribution in [-0.4, -0.2) is 49.3 Å². The number of hydrogen-bond acceptors (Lipinski definition) is 8. The first kappa shape index (κ1) is 51.0. The lowest BCUT2D eigenvalue weighted by molar-refractivity contribution is -0.161. The summed E-state index contributed by atoms with van der Waals surface area (Å²) in [6, 6.07) is 0. The van der Waals surface area contributed by atoms with Crippen molar-refractivity contribution in [3.05, 3.63) is 48.6 Å². The van der Waals surface area contributed by atoms with Gasteiger partial charge in [0.25, 0.3) is 0 Å². The Balaban J connectivity index is 4.20. The lowest BCUT2D eigenvalue weighted by atomic mass is 10.1. The van der Waals surface area contributed by atoms with E-state index >= 15 is 0 Å². The molecule has 0 radical (unpaired) electrons. The molecule has 2 atom stereocenters. The molecule has 0 aliphatic carbocycles. The summed E-state index contributed by atoms with van der Waals surface area (Å²) in [6.07, 6.45) is 44.2. The zero-order chi connectivity index (χ0) is 38.9. The number of ether oxygens (including phenoxy) is 2. The summed E-state index contributed by atoms with van der Waals surface area (Å²) in [7, 11) is -4.38. The molecule has 0 amide bonds. The van der Waals surface area contributed by atoms with Gasteiger partial charge < -0.3 is 20.1 Å². The van der Waals surface area contributed by atoms with E-state index in [9.17, 15) is 19.0 Å². The lowest BCUT2D eigenvalue weighted by Gasteiger charge is -2.19. The monoisotopic (exact) mass is 768 g/mol. The van der Waals surface area contributed by atoms with Crippen molar-refractivity contribution in [1.29, 1.82) is 0 Å². The van der Waals surface area contributed by atoms with E-state index in [-0.39, 0.29) is 32.6 Å². The second-order valence-electron chi connectivity index (χ2n) is 13.8. The molecule has 0 rings (SSSR count). The summed E-state index contributed by atoms with van der Waals surface area (Å²) in [4.78, 5) is 34.8. The van der Waals surface area contributed by atoms with Crippen molar-refractivity contribution in [2.45, 2.75) is 187 Å². The van der Waals surface area contributed by atoms with Gasteiger partial charge in [-0.05, 0) is 70.6 Å². The van der Waals surface area contributed by atoms with Crippen molar-refractivity contribution < 1.29 is 37.6 Å². The van der Waals surface area contributed by atoms with Crippen LogP contribution in [0.25, 0.3) is 0 Å². The largest absolute Gasteiger partial charge is 0.472 e. The van der Waals surface area contributed by atoms with Crippen LogP contribution in [0.4, 0.5) is 0 Å². The third-order valence-corrected chi connectivity index (χ3v) is 9.68. The molecule has 0 aromatic carbocycles. The number of phosphoric acid groups is 1. The van der Waals surface area contributed by atoms with Crippen molar-refractivity contribution in [1.82, 2.24) is 0 Å². The third kappa shape index (κ3) is 39.5. The van der Waals surface area contributed by atoms with Gasteiger partial charge in [-0.2, -0.15) is 0 Å². The molecular formula is C43H78NO8P. The molecule has 0 aromatic rings. The molecule has 0 spiro atoms. The first-order chi connectivity index (χ1) is 25.8. The molecule has 0 aliphatic rings. The highest BCUT2D eigenvalue weighted by Gasteiger charge is 2.26. The molecule has 10 heteroatoms. The van der Waals surface area contributed by atoms with Crippen LogP contribution in [-0.2, 0) is 32.7 Å². The van der Waals surface area contributed by atoms with Gasteiger partial charge in [0.05, 0.1) is 13.2 Å². The summed E-state index contributed by atoms with van der Waals surface area (Å²) in [5, 5.41) is 0.